The Labute approximate surface area is 246 Å². The van der Waals surface area contributed by atoms with E-state index in [0.717, 1.165) is 131 Å². The molecule has 1 N–H and O–H groups in total. The highest BCUT2D eigenvalue weighted by Gasteiger charge is 2.35. The van der Waals surface area contributed by atoms with E-state index in [1.807, 2.05) is 36.4 Å². The maximum Gasteiger partial charge on any atom is 0.124 e. The molecular formula is C30H42BrClN4O3. The molecule has 9 heteroatoms. The van der Waals surface area contributed by atoms with Gasteiger partial charge in [0, 0.05) is 93.6 Å². The molecule has 3 aliphatic rings. The lowest BCUT2D eigenvalue weighted by molar-refractivity contribution is -0.0542. The number of piperazine rings is 1. The van der Waals surface area contributed by atoms with E-state index in [1.165, 1.54) is 0 Å². The molecule has 0 aliphatic carbocycles. The highest BCUT2D eigenvalue weighted by Crippen LogP contribution is 2.29. The standard InChI is InChI=1S/C30H42BrClN4O3/c31-27-3-6-29(39-23-25-1-4-28(32)5-2-25)26(21-27)22-35-9-7-30(37,8-10-35)24-36-15-13-33(14-16-36)11-12-34-17-19-38-20-18-34/h1-6,21,37H,7-20,22-24H2. The first-order valence-electron chi connectivity index (χ1n) is 14.3. The molecule has 3 aliphatic heterocycles. The van der Waals surface area contributed by atoms with Gasteiger partial charge in [0.1, 0.15) is 12.4 Å². The fraction of sp³-hybridized carbons (Fsp3) is 0.600. The molecule has 0 aromatic heterocycles. The van der Waals surface area contributed by atoms with E-state index in [1.54, 1.807) is 0 Å². The van der Waals surface area contributed by atoms with Crippen LogP contribution in [0.3, 0.4) is 0 Å². The topological polar surface area (TPSA) is 51.7 Å². The molecule has 3 heterocycles. The molecule has 0 atom stereocenters. The molecule has 2 aromatic carbocycles. The molecule has 3 fully saturated rings. The number of benzene rings is 2. The number of ether oxygens (including phenoxy) is 2. The summed E-state index contributed by atoms with van der Waals surface area (Å²) in [7, 11) is 0. The molecule has 0 saturated carbocycles. The summed E-state index contributed by atoms with van der Waals surface area (Å²) in [5.41, 5.74) is 1.66. The van der Waals surface area contributed by atoms with Gasteiger partial charge in [-0.3, -0.25) is 19.6 Å². The summed E-state index contributed by atoms with van der Waals surface area (Å²) >= 11 is 9.65. The summed E-state index contributed by atoms with van der Waals surface area (Å²) in [5, 5.41) is 12.2. The predicted octanol–water partition coefficient (Wildman–Crippen LogP) is 3.96. The van der Waals surface area contributed by atoms with Crippen LogP contribution in [0.15, 0.2) is 46.9 Å². The molecule has 5 rings (SSSR count). The van der Waals surface area contributed by atoms with Crippen molar-refractivity contribution in [3.8, 4) is 5.75 Å². The van der Waals surface area contributed by atoms with Gasteiger partial charge in [-0.2, -0.15) is 0 Å². The zero-order valence-electron chi connectivity index (χ0n) is 22.9. The Morgan fingerprint density at radius 1 is 0.821 bits per heavy atom. The first kappa shape index (κ1) is 29.3. The Hall–Kier alpha value is -1.23. The largest absolute Gasteiger partial charge is 0.489 e. The normalized spacial score (nSPS) is 21.7. The molecular weight excluding hydrogens is 580 g/mol. The number of β-amino-alcohol motifs (C(OH)–C–C–N with tert-alkyl or cyclic N) is 1. The number of rotatable bonds is 10. The average Bonchev–Trinajstić information content (AvgIpc) is 2.95. The summed E-state index contributed by atoms with van der Waals surface area (Å²) < 4.78 is 12.7. The van der Waals surface area contributed by atoms with Crippen molar-refractivity contribution in [2.75, 3.05) is 85.2 Å². The van der Waals surface area contributed by atoms with Crippen LogP contribution in [0.5, 0.6) is 5.75 Å². The number of aliphatic hydroxyl groups is 1. The third-order valence-corrected chi connectivity index (χ3v) is 9.08. The van der Waals surface area contributed by atoms with Gasteiger partial charge in [0.2, 0.25) is 0 Å². The first-order chi connectivity index (χ1) is 18.9. The molecule has 3 saturated heterocycles. The second-order valence-electron chi connectivity index (χ2n) is 11.2. The third kappa shape index (κ3) is 8.88. The van der Waals surface area contributed by atoms with Crippen LogP contribution in [0.4, 0.5) is 0 Å². The zero-order valence-corrected chi connectivity index (χ0v) is 25.2. The van der Waals surface area contributed by atoms with Gasteiger partial charge >= 0.3 is 0 Å². The summed E-state index contributed by atoms with van der Waals surface area (Å²) in [6.45, 7) is 14.3. The van der Waals surface area contributed by atoms with Crippen molar-refractivity contribution in [1.82, 2.24) is 19.6 Å². The first-order valence-corrected chi connectivity index (χ1v) is 15.5. The van der Waals surface area contributed by atoms with Crippen molar-refractivity contribution in [2.24, 2.45) is 0 Å². The Bertz CT molecular complexity index is 1040. The van der Waals surface area contributed by atoms with Crippen LogP contribution >= 0.6 is 27.5 Å². The quantitative estimate of drug-likeness (QED) is 0.431. The van der Waals surface area contributed by atoms with E-state index >= 15 is 0 Å². The fourth-order valence-corrected chi connectivity index (χ4v) is 6.31. The van der Waals surface area contributed by atoms with E-state index < -0.39 is 5.60 Å². The SMILES string of the molecule is OC1(CN2CCN(CCN3CCOCC3)CC2)CCN(Cc2cc(Br)ccc2OCc2ccc(Cl)cc2)CC1. The van der Waals surface area contributed by atoms with E-state index in [-0.39, 0.29) is 0 Å². The second kappa shape index (κ2) is 14.1. The van der Waals surface area contributed by atoms with Crippen molar-refractivity contribution < 1.29 is 14.6 Å². The number of morpholine rings is 1. The van der Waals surface area contributed by atoms with Crippen LogP contribution in [-0.2, 0) is 17.9 Å². The van der Waals surface area contributed by atoms with Gasteiger partial charge in [0.15, 0.2) is 0 Å². The fourth-order valence-electron chi connectivity index (χ4n) is 5.78. The van der Waals surface area contributed by atoms with Crippen LogP contribution in [0.2, 0.25) is 5.02 Å². The molecule has 0 bridgehead atoms. The van der Waals surface area contributed by atoms with Crippen LogP contribution in [-0.4, -0.2) is 116 Å². The molecule has 0 radical (unpaired) electrons. The monoisotopic (exact) mass is 620 g/mol. The van der Waals surface area contributed by atoms with Gasteiger partial charge < -0.3 is 14.6 Å². The molecule has 0 spiro atoms. The van der Waals surface area contributed by atoms with Crippen LogP contribution in [0.1, 0.15) is 24.0 Å². The van der Waals surface area contributed by atoms with Gasteiger partial charge in [0.25, 0.3) is 0 Å². The summed E-state index contributed by atoms with van der Waals surface area (Å²) in [5.74, 6) is 0.903. The summed E-state index contributed by atoms with van der Waals surface area (Å²) in [6, 6.07) is 14.0. The smallest absolute Gasteiger partial charge is 0.124 e. The maximum atomic E-state index is 11.4. The Morgan fingerprint density at radius 3 is 2.15 bits per heavy atom. The lowest BCUT2D eigenvalue weighted by atomic mass is 9.90. The number of likely N-dealkylation sites (tertiary alicyclic amines) is 1. The summed E-state index contributed by atoms with van der Waals surface area (Å²) in [6.07, 6.45) is 1.61. The molecule has 39 heavy (non-hydrogen) atoms. The van der Waals surface area contributed by atoms with Gasteiger partial charge in [-0.15, -0.1) is 0 Å². The number of hydrogen-bond acceptors (Lipinski definition) is 7. The predicted molar refractivity (Wildman–Crippen MR) is 160 cm³/mol. The second-order valence-corrected chi connectivity index (χ2v) is 12.6. The lowest BCUT2D eigenvalue weighted by Crippen LogP contribution is -2.55. The number of hydrogen-bond donors (Lipinski definition) is 1. The molecule has 0 unspecified atom stereocenters. The van der Waals surface area contributed by atoms with E-state index in [4.69, 9.17) is 21.1 Å². The lowest BCUT2D eigenvalue weighted by Gasteiger charge is -2.43. The Balaban J connectivity index is 1.05. The minimum atomic E-state index is -0.600. The van der Waals surface area contributed by atoms with Crippen molar-refractivity contribution >= 4 is 27.5 Å². The molecule has 0 amide bonds. The van der Waals surface area contributed by atoms with Crippen LogP contribution in [0.25, 0.3) is 0 Å². The highest BCUT2D eigenvalue weighted by molar-refractivity contribution is 9.10. The van der Waals surface area contributed by atoms with Gasteiger partial charge in [-0.1, -0.05) is 39.7 Å². The van der Waals surface area contributed by atoms with Gasteiger partial charge in [-0.05, 0) is 48.7 Å². The molecule has 214 valence electrons. The van der Waals surface area contributed by atoms with Crippen molar-refractivity contribution in [3.63, 3.8) is 0 Å². The van der Waals surface area contributed by atoms with Crippen molar-refractivity contribution in [2.45, 2.75) is 31.6 Å². The maximum absolute atomic E-state index is 11.4. The minimum Gasteiger partial charge on any atom is -0.489 e. The molecule has 2 aromatic rings. The Morgan fingerprint density at radius 2 is 1.46 bits per heavy atom. The molecule has 7 nitrogen and oxygen atoms in total. The third-order valence-electron chi connectivity index (χ3n) is 8.33. The number of nitrogens with zero attached hydrogens (tertiary/aromatic N) is 4. The van der Waals surface area contributed by atoms with Gasteiger partial charge in [-0.25, -0.2) is 0 Å². The number of piperidine rings is 1. The van der Waals surface area contributed by atoms with Crippen LogP contribution < -0.4 is 4.74 Å². The minimum absolute atomic E-state index is 0.506. The van der Waals surface area contributed by atoms with E-state index in [2.05, 4.69) is 41.6 Å². The highest BCUT2D eigenvalue weighted by atomic mass is 79.9. The number of halogens is 2. The Kier molecular flexibility index (Phi) is 10.6. The van der Waals surface area contributed by atoms with Crippen LogP contribution in [0, 0.1) is 0 Å². The van der Waals surface area contributed by atoms with E-state index in [0.29, 0.717) is 6.61 Å². The van der Waals surface area contributed by atoms with E-state index in [9.17, 15) is 5.11 Å². The summed E-state index contributed by atoms with van der Waals surface area (Å²) in [4.78, 5) is 9.99. The van der Waals surface area contributed by atoms with Gasteiger partial charge in [0.05, 0.1) is 18.8 Å². The zero-order chi connectivity index (χ0) is 27.1. The van der Waals surface area contributed by atoms with Crippen molar-refractivity contribution in [3.05, 3.63) is 63.1 Å². The average molecular weight is 622 g/mol. The van der Waals surface area contributed by atoms with Crippen molar-refractivity contribution in [1.29, 1.82) is 0 Å².